The van der Waals surface area contributed by atoms with Crippen LogP contribution in [-0.4, -0.2) is 20.7 Å². The van der Waals surface area contributed by atoms with E-state index in [1.807, 2.05) is 0 Å². The molecule has 0 heterocycles. The van der Waals surface area contributed by atoms with Crippen LogP contribution in [0.3, 0.4) is 0 Å². The van der Waals surface area contributed by atoms with Gasteiger partial charge in [-0.3, -0.25) is 0 Å². The molecule has 0 aromatic heterocycles. The molecule has 1 aromatic rings. The fraction of sp³-hybridized carbons (Fsp3) is 0.571. The number of nitrogens with two attached hydrogens (primary N) is 1. The lowest BCUT2D eigenvalue weighted by Crippen LogP contribution is -2.25. The van der Waals surface area contributed by atoms with Crippen molar-refractivity contribution in [2.24, 2.45) is 17.6 Å². The first kappa shape index (κ1) is 14.5. The number of sulfone groups is 1. The number of benzene rings is 1. The van der Waals surface area contributed by atoms with E-state index in [-0.39, 0.29) is 16.6 Å². The SMILES string of the molecule is NCC1CCC(CS(=O)(=O)c2ccc(F)cc2)CC1. The number of halogens is 1. The summed E-state index contributed by atoms with van der Waals surface area (Å²) in [4.78, 5) is 0.217. The van der Waals surface area contributed by atoms with Crippen LogP contribution in [0.5, 0.6) is 0 Å². The highest BCUT2D eigenvalue weighted by Crippen LogP contribution is 2.30. The van der Waals surface area contributed by atoms with Gasteiger partial charge in [-0.1, -0.05) is 0 Å². The number of rotatable bonds is 4. The van der Waals surface area contributed by atoms with Gasteiger partial charge in [-0.25, -0.2) is 12.8 Å². The van der Waals surface area contributed by atoms with Crippen molar-refractivity contribution >= 4 is 9.84 Å². The summed E-state index contributed by atoms with van der Waals surface area (Å²) in [7, 11) is -3.30. The molecule has 3 nitrogen and oxygen atoms in total. The minimum atomic E-state index is -3.30. The monoisotopic (exact) mass is 285 g/mol. The van der Waals surface area contributed by atoms with Gasteiger partial charge in [0.1, 0.15) is 5.82 Å². The highest BCUT2D eigenvalue weighted by Gasteiger charge is 2.26. The van der Waals surface area contributed by atoms with Gasteiger partial charge in [-0.15, -0.1) is 0 Å². The predicted octanol–water partition coefficient (Wildman–Crippen LogP) is 2.36. The Hall–Kier alpha value is -0.940. The fourth-order valence-corrected chi connectivity index (χ4v) is 4.38. The van der Waals surface area contributed by atoms with Gasteiger partial charge in [0.2, 0.25) is 0 Å². The lowest BCUT2D eigenvalue weighted by atomic mass is 9.83. The van der Waals surface area contributed by atoms with Crippen LogP contribution in [0.25, 0.3) is 0 Å². The Morgan fingerprint density at radius 3 is 2.11 bits per heavy atom. The van der Waals surface area contributed by atoms with Crippen molar-refractivity contribution in [3.8, 4) is 0 Å². The van der Waals surface area contributed by atoms with Crippen LogP contribution in [0, 0.1) is 17.7 Å². The summed E-state index contributed by atoms with van der Waals surface area (Å²) in [5.41, 5.74) is 5.63. The van der Waals surface area contributed by atoms with Gasteiger partial charge in [-0.05, 0) is 68.3 Å². The average Bonchev–Trinajstić information content (AvgIpc) is 2.40. The molecule has 0 radical (unpaired) electrons. The zero-order valence-electron chi connectivity index (χ0n) is 10.9. The molecular formula is C14H20FNO2S. The van der Waals surface area contributed by atoms with E-state index in [2.05, 4.69) is 0 Å². The Morgan fingerprint density at radius 2 is 1.58 bits per heavy atom. The van der Waals surface area contributed by atoms with E-state index in [1.54, 1.807) is 0 Å². The third-order valence-corrected chi connectivity index (χ3v) is 5.83. The van der Waals surface area contributed by atoms with E-state index in [1.165, 1.54) is 24.3 Å². The van der Waals surface area contributed by atoms with Crippen molar-refractivity contribution in [3.05, 3.63) is 30.1 Å². The number of hydrogen-bond acceptors (Lipinski definition) is 3. The second-order valence-electron chi connectivity index (χ2n) is 5.36. The first-order valence-corrected chi connectivity index (χ1v) is 8.35. The molecule has 2 N–H and O–H groups in total. The lowest BCUT2D eigenvalue weighted by molar-refractivity contribution is 0.297. The zero-order valence-corrected chi connectivity index (χ0v) is 11.7. The molecule has 0 saturated heterocycles. The molecule has 0 bridgehead atoms. The molecule has 0 amide bonds. The van der Waals surface area contributed by atoms with E-state index in [4.69, 9.17) is 5.73 Å². The summed E-state index contributed by atoms with van der Waals surface area (Å²) in [5.74, 6) is 0.501. The van der Waals surface area contributed by atoms with E-state index >= 15 is 0 Å². The molecule has 1 aromatic carbocycles. The molecule has 19 heavy (non-hydrogen) atoms. The second kappa shape index (κ2) is 6.01. The van der Waals surface area contributed by atoms with Crippen LogP contribution in [0.2, 0.25) is 0 Å². The first-order chi connectivity index (χ1) is 9.01. The van der Waals surface area contributed by atoms with Gasteiger partial charge < -0.3 is 5.73 Å². The van der Waals surface area contributed by atoms with E-state index in [0.717, 1.165) is 25.7 Å². The van der Waals surface area contributed by atoms with E-state index in [9.17, 15) is 12.8 Å². The maximum Gasteiger partial charge on any atom is 0.178 e. The molecule has 0 atom stereocenters. The predicted molar refractivity (Wildman–Crippen MR) is 73.0 cm³/mol. The van der Waals surface area contributed by atoms with Gasteiger partial charge in [0.25, 0.3) is 0 Å². The van der Waals surface area contributed by atoms with Crippen molar-refractivity contribution < 1.29 is 12.8 Å². The highest BCUT2D eigenvalue weighted by atomic mass is 32.2. The Morgan fingerprint density at radius 1 is 1.05 bits per heavy atom. The van der Waals surface area contributed by atoms with Gasteiger partial charge in [0.05, 0.1) is 10.6 Å². The van der Waals surface area contributed by atoms with Crippen LogP contribution in [-0.2, 0) is 9.84 Å². The van der Waals surface area contributed by atoms with Crippen molar-refractivity contribution in [1.29, 1.82) is 0 Å². The fourth-order valence-electron chi connectivity index (χ4n) is 2.68. The van der Waals surface area contributed by atoms with Gasteiger partial charge in [0, 0.05) is 0 Å². The summed E-state index contributed by atoms with van der Waals surface area (Å²) in [6, 6.07) is 5.07. The largest absolute Gasteiger partial charge is 0.330 e. The third-order valence-electron chi connectivity index (χ3n) is 3.93. The maximum atomic E-state index is 12.8. The molecule has 1 fully saturated rings. The van der Waals surface area contributed by atoms with E-state index in [0.29, 0.717) is 12.5 Å². The minimum absolute atomic E-state index is 0.163. The van der Waals surface area contributed by atoms with Crippen LogP contribution in [0.15, 0.2) is 29.2 Å². The summed E-state index contributed by atoms with van der Waals surface area (Å²) in [6.45, 7) is 0.692. The second-order valence-corrected chi connectivity index (χ2v) is 7.39. The quantitative estimate of drug-likeness (QED) is 0.864. The summed E-state index contributed by atoms with van der Waals surface area (Å²) in [6.07, 6.45) is 3.87. The van der Waals surface area contributed by atoms with Crippen LogP contribution in [0.4, 0.5) is 4.39 Å². The molecule has 2 rings (SSSR count). The molecular weight excluding hydrogens is 265 g/mol. The standard InChI is InChI=1S/C14H20FNO2S/c15-13-5-7-14(8-6-13)19(17,18)10-12-3-1-11(9-16)2-4-12/h5-8,11-12H,1-4,9-10,16H2. The van der Waals surface area contributed by atoms with Crippen LogP contribution < -0.4 is 5.73 Å². The Labute approximate surface area is 113 Å². The molecule has 1 aliphatic rings. The van der Waals surface area contributed by atoms with E-state index < -0.39 is 15.7 Å². The molecule has 1 aliphatic carbocycles. The molecule has 0 unspecified atom stereocenters. The van der Waals surface area contributed by atoms with Crippen molar-refractivity contribution in [1.82, 2.24) is 0 Å². The lowest BCUT2D eigenvalue weighted by Gasteiger charge is -2.27. The molecule has 5 heteroatoms. The minimum Gasteiger partial charge on any atom is -0.330 e. The summed E-state index contributed by atoms with van der Waals surface area (Å²) < 4.78 is 37.2. The van der Waals surface area contributed by atoms with Gasteiger partial charge >= 0.3 is 0 Å². The Bertz CT molecular complexity index is 505. The van der Waals surface area contributed by atoms with Crippen molar-refractivity contribution in [2.75, 3.05) is 12.3 Å². The third kappa shape index (κ3) is 3.76. The van der Waals surface area contributed by atoms with Crippen molar-refractivity contribution in [2.45, 2.75) is 30.6 Å². The van der Waals surface area contributed by atoms with Crippen molar-refractivity contribution in [3.63, 3.8) is 0 Å². The zero-order chi connectivity index (χ0) is 13.9. The Balaban J connectivity index is 2.00. The average molecular weight is 285 g/mol. The van der Waals surface area contributed by atoms with Crippen LogP contribution >= 0.6 is 0 Å². The van der Waals surface area contributed by atoms with Crippen LogP contribution in [0.1, 0.15) is 25.7 Å². The summed E-state index contributed by atoms with van der Waals surface area (Å²) >= 11 is 0. The topological polar surface area (TPSA) is 60.2 Å². The molecule has 106 valence electrons. The van der Waals surface area contributed by atoms with Gasteiger partial charge in [-0.2, -0.15) is 0 Å². The first-order valence-electron chi connectivity index (χ1n) is 6.69. The Kier molecular flexibility index (Phi) is 4.58. The summed E-state index contributed by atoms with van der Waals surface area (Å²) in [5, 5.41) is 0. The number of hydrogen-bond donors (Lipinski definition) is 1. The molecule has 1 saturated carbocycles. The van der Waals surface area contributed by atoms with Gasteiger partial charge in [0.15, 0.2) is 9.84 Å². The molecule has 0 aliphatic heterocycles. The normalized spacial score (nSPS) is 24.3. The smallest absolute Gasteiger partial charge is 0.178 e. The highest BCUT2D eigenvalue weighted by molar-refractivity contribution is 7.91. The molecule has 0 spiro atoms. The maximum absolute atomic E-state index is 12.8.